The second kappa shape index (κ2) is 9.76. The van der Waals surface area contributed by atoms with E-state index in [1.807, 2.05) is 35.4 Å². The summed E-state index contributed by atoms with van der Waals surface area (Å²) in [4.78, 5) is 7.39. The monoisotopic (exact) mass is 494 g/mol. The van der Waals surface area contributed by atoms with Crippen LogP contribution < -0.4 is 4.90 Å². The lowest BCUT2D eigenvalue weighted by atomic mass is 9.84. The average molecular weight is 495 g/mol. The number of nitriles is 1. The van der Waals surface area contributed by atoms with E-state index in [1.165, 1.54) is 0 Å². The molecule has 0 bridgehead atoms. The molecule has 1 aliphatic heterocycles. The van der Waals surface area contributed by atoms with E-state index in [2.05, 4.69) is 56.7 Å². The molecule has 35 heavy (non-hydrogen) atoms. The van der Waals surface area contributed by atoms with Crippen LogP contribution in [0.5, 0.6) is 0 Å². The molecule has 4 rings (SSSR count). The summed E-state index contributed by atoms with van der Waals surface area (Å²) in [6, 6.07) is 7.92. The first-order valence-electron chi connectivity index (χ1n) is 12.4. The summed E-state index contributed by atoms with van der Waals surface area (Å²) in [7, 11) is -1.12. The molecule has 3 aromatic heterocycles. The molecule has 0 spiro atoms. The summed E-state index contributed by atoms with van der Waals surface area (Å²) in [5.41, 5.74) is 2.23. The van der Waals surface area contributed by atoms with Gasteiger partial charge in [0.05, 0.1) is 30.7 Å². The van der Waals surface area contributed by atoms with E-state index in [9.17, 15) is 5.26 Å². The largest absolute Gasteiger partial charge is 0.377 e. The Balaban J connectivity index is 1.73. The van der Waals surface area contributed by atoms with E-state index in [1.54, 1.807) is 0 Å². The zero-order valence-electron chi connectivity index (χ0n) is 22.1. The van der Waals surface area contributed by atoms with Crippen molar-refractivity contribution in [2.45, 2.75) is 71.6 Å². The third-order valence-electron chi connectivity index (χ3n) is 6.64. The maximum Gasteiger partial charge on any atom is 0.160 e. The molecule has 0 radical (unpaired) electrons. The molecule has 1 aliphatic rings. The molecule has 0 saturated carbocycles. The predicted molar refractivity (Wildman–Crippen MR) is 142 cm³/mol. The maximum atomic E-state index is 9.99. The molecule has 3 aromatic rings. The van der Waals surface area contributed by atoms with Gasteiger partial charge in [-0.1, -0.05) is 19.6 Å². The quantitative estimate of drug-likeness (QED) is 0.328. The van der Waals surface area contributed by atoms with Crippen molar-refractivity contribution in [1.29, 1.82) is 5.26 Å². The fraction of sp³-hybridized carbons (Fsp3) is 0.577. The van der Waals surface area contributed by atoms with Gasteiger partial charge < -0.3 is 14.4 Å². The number of anilines is 1. The Labute approximate surface area is 209 Å². The van der Waals surface area contributed by atoms with Crippen LogP contribution in [0.2, 0.25) is 25.7 Å². The fourth-order valence-corrected chi connectivity index (χ4v) is 5.19. The second-order valence-corrected chi connectivity index (χ2v) is 16.9. The summed E-state index contributed by atoms with van der Waals surface area (Å²) >= 11 is 0. The van der Waals surface area contributed by atoms with Crippen molar-refractivity contribution in [1.82, 2.24) is 19.3 Å². The zero-order valence-corrected chi connectivity index (χ0v) is 23.1. The van der Waals surface area contributed by atoms with Gasteiger partial charge in [0.2, 0.25) is 0 Å². The Morgan fingerprint density at radius 3 is 2.74 bits per heavy atom. The number of hydrogen-bond donors (Lipinski definition) is 0. The lowest BCUT2D eigenvalue weighted by Gasteiger charge is -2.35. The number of fused-ring (bicyclic) bond motifs is 1. The molecule has 8 nitrogen and oxygen atoms in total. The van der Waals surface area contributed by atoms with E-state index in [-0.39, 0.29) is 6.04 Å². The lowest BCUT2D eigenvalue weighted by molar-refractivity contribution is 0.0785. The smallest absolute Gasteiger partial charge is 0.160 e. The van der Waals surface area contributed by atoms with Crippen LogP contribution in [0.4, 0.5) is 5.82 Å². The highest BCUT2D eigenvalue weighted by Crippen LogP contribution is 2.36. The normalized spacial score (nSPS) is 17.2. The topological polar surface area (TPSA) is 81.1 Å². The van der Waals surface area contributed by atoms with Gasteiger partial charge in [-0.05, 0) is 50.9 Å². The van der Waals surface area contributed by atoms with Gasteiger partial charge in [-0.2, -0.15) is 10.4 Å². The number of nitrogens with zero attached hydrogens (tertiary/aromatic N) is 6. The van der Waals surface area contributed by atoms with Crippen molar-refractivity contribution in [2.75, 3.05) is 31.3 Å². The number of rotatable bonds is 8. The number of pyridine rings is 1. The van der Waals surface area contributed by atoms with Crippen molar-refractivity contribution in [3.8, 4) is 11.9 Å². The number of morpholine rings is 1. The summed E-state index contributed by atoms with van der Waals surface area (Å²) in [5.74, 6) is 1.66. The second-order valence-electron chi connectivity index (χ2n) is 11.3. The number of ether oxygens (including phenoxy) is 2. The Morgan fingerprint density at radius 1 is 1.29 bits per heavy atom. The van der Waals surface area contributed by atoms with E-state index in [0.29, 0.717) is 19.9 Å². The van der Waals surface area contributed by atoms with Gasteiger partial charge in [0.15, 0.2) is 5.82 Å². The number of hydrogen-bond acceptors (Lipinski definition) is 6. The van der Waals surface area contributed by atoms with Crippen LogP contribution in [-0.4, -0.2) is 59.8 Å². The van der Waals surface area contributed by atoms with Crippen molar-refractivity contribution in [3.63, 3.8) is 0 Å². The van der Waals surface area contributed by atoms with Gasteiger partial charge in [-0.15, -0.1) is 0 Å². The third-order valence-corrected chi connectivity index (χ3v) is 8.34. The molecule has 188 valence electrons. The Bertz CT molecular complexity index is 1230. The summed E-state index contributed by atoms with van der Waals surface area (Å²) in [5, 5.41) is 15.8. The minimum absolute atomic E-state index is 0.212. The van der Waals surface area contributed by atoms with Crippen LogP contribution in [0.1, 0.15) is 31.9 Å². The van der Waals surface area contributed by atoms with Gasteiger partial charge in [-0.3, -0.25) is 4.57 Å². The molecule has 9 heteroatoms. The minimum atomic E-state index is -1.12. The molecule has 0 amide bonds. The molecular weight excluding hydrogens is 456 g/mol. The molecule has 1 fully saturated rings. The SMILES string of the molecule is Cc1cn(-c2ccn(COCC[Si](C)(C)C)n2)c2nc(N3CCOCC3C)cc(C(C)(C)C#N)c12. The van der Waals surface area contributed by atoms with Gasteiger partial charge in [0.1, 0.15) is 18.2 Å². The van der Waals surface area contributed by atoms with Crippen LogP contribution in [-0.2, 0) is 21.6 Å². The highest BCUT2D eigenvalue weighted by atomic mass is 28.3. The first-order chi connectivity index (χ1) is 16.5. The van der Waals surface area contributed by atoms with E-state index in [0.717, 1.165) is 53.0 Å². The highest BCUT2D eigenvalue weighted by molar-refractivity contribution is 6.76. The zero-order chi connectivity index (χ0) is 25.4. The maximum absolute atomic E-state index is 9.99. The van der Waals surface area contributed by atoms with Gasteiger partial charge in [0.25, 0.3) is 0 Å². The van der Waals surface area contributed by atoms with E-state index < -0.39 is 13.5 Å². The molecule has 4 heterocycles. The standard InChI is InChI=1S/C26H38N6O2Si/c1-19-15-32(22-8-9-30(29-22)18-34-12-13-35(5,6)7)25-24(19)21(26(3,4)17-27)14-23(28-25)31-10-11-33-16-20(31)2/h8-9,14-15,20H,10-13,16,18H2,1-7H3. The summed E-state index contributed by atoms with van der Waals surface area (Å²) in [6.07, 6.45) is 4.01. The van der Waals surface area contributed by atoms with Gasteiger partial charge in [-0.25, -0.2) is 9.67 Å². The van der Waals surface area contributed by atoms with Crippen molar-refractivity contribution in [3.05, 3.63) is 35.7 Å². The van der Waals surface area contributed by atoms with Crippen LogP contribution in [0.15, 0.2) is 24.5 Å². The van der Waals surface area contributed by atoms with Crippen LogP contribution in [0.3, 0.4) is 0 Å². The van der Waals surface area contributed by atoms with Crippen molar-refractivity contribution >= 4 is 24.9 Å². The minimum Gasteiger partial charge on any atom is -0.377 e. The predicted octanol–water partition coefficient (Wildman–Crippen LogP) is 4.87. The molecule has 1 unspecified atom stereocenters. The van der Waals surface area contributed by atoms with E-state index in [4.69, 9.17) is 19.6 Å². The number of aryl methyl sites for hydroxylation is 1. The summed E-state index contributed by atoms with van der Waals surface area (Å²) in [6.45, 7) is 18.5. The van der Waals surface area contributed by atoms with Crippen molar-refractivity contribution < 1.29 is 9.47 Å². The Morgan fingerprint density at radius 2 is 2.06 bits per heavy atom. The fourth-order valence-electron chi connectivity index (χ4n) is 4.43. The van der Waals surface area contributed by atoms with E-state index >= 15 is 0 Å². The average Bonchev–Trinajstić information content (AvgIpc) is 3.40. The van der Waals surface area contributed by atoms with Gasteiger partial charge >= 0.3 is 0 Å². The highest BCUT2D eigenvalue weighted by Gasteiger charge is 2.29. The molecule has 0 N–H and O–H groups in total. The molecular formula is C26H38N6O2Si. The lowest BCUT2D eigenvalue weighted by Crippen LogP contribution is -2.44. The van der Waals surface area contributed by atoms with Crippen molar-refractivity contribution in [2.24, 2.45) is 0 Å². The number of aromatic nitrogens is 4. The first kappa shape index (κ1) is 25.4. The molecule has 1 saturated heterocycles. The molecule has 0 aromatic carbocycles. The van der Waals surface area contributed by atoms with Crippen LogP contribution in [0.25, 0.3) is 16.9 Å². The first-order valence-corrected chi connectivity index (χ1v) is 16.1. The van der Waals surface area contributed by atoms with Gasteiger partial charge in [0, 0.05) is 45.1 Å². The van der Waals surface area contributed by atoms with Crippen LogP contribution in [0, 0.1) is 18.3 Å². The van der Waals surface area contributed by atoms with Crippen LogP contribution >= 0.6 is 0 Å². The molecule has 0 aliphatic carbocycles. The Hall–Kier alpha value is -2.67. The third kappa shape index (κ3) is 5.45. The Kier molecular flexibility index (Phi) is 7.09. The molecule has 1 atom stereocenters. The summed E-state index contributed by atoms with van der Waals surface area (Å²) < 4.78 is 15.4.